The molecule has 0 saturated heterocycles. The van der Waals surface area contributed by atoms with Crippen molar-refractivity contribution in [1.82, 2.24) is 5.23 Å². The van der Waals surface area contributed by atoms with E-state index in [1.54, 1.807) is 0 Å². The molecule has 0 unspecified atom stereocenters. The number of rotatable bonds is 10. The van der Waals surface area contributed by atoms with Crippen molar-refractivity contribution in [3.63, 3.8) is 0 Å². The molecule has 98 valence electrons. The first-order valence-corrected chi connectivity index (χ1v) is 4.81. The van der Waals surface area contributed by atoms with Gasteiger partial charge in [-0.05, 0) is 0 Å². The van der Waals surface area contributed by atoms with Gasteiger partial charge in [0.15, 0.2) is 0 Å². The third-order valence-electron chi connectivity index (χ3n) is 1.87. The third-order valence-corrected chi connectivity index (χ3v) is 1.87. The molecule has 16 heavy (non-hydrogen) atoms. The Morgan fingerprint density at radius 2 is 1.12 bits per heavy atom. The van der Waals surface area contributed by atoms with Crippen LogP contribution in [-0.2, 0) is 9.68 Å². The molecule has 0 aromatic rings. The lowest BCUT2D eigenvalue weighted by atomic mass is 10.1. The molecular formula is C8H19NO7. The zero-order valence-electron chi connectivity index (χ0n) is 8.95. The monoisotopic (exact) mass is 241 g/mol. The molecule has 0 heterocycles. The van der Waals surface area contributed by atoms with Crippen LogP contribution in [0.3, 0.4) is 0 Å². The molecule has 0 aliphatic rings. The van der Waals surface area contributed by atoms with Gasteiger partial charge in [0, 0.05) is 0 Å². The molecule has 0 aromatic carbocycles. The van der Waals surface area contributed by atoms with Gasteiger partial charge in [-0.2, -0.15) is 0 Å². The molecule has 5 N–H and O–H groups in total. The number of aliphatic hydroxyl groups excluding tert-OH is 5. The Kier molecular flexibility index (Phi) is 8.61. The molecule has 8 heteroatoms. The van der Waals surface area contributed by atoms with Crippen LogP contribution in [-0.4, -0.2) is 82.5 Å². The number of aliphatic hydroxyl groups is 5. The van der Waals surface area contributed by atoms with Gasteiger partial charge in [0.2, 0.25) is 0 Å². The van der Waals surface area contributed by atoms with Crippen molar-refractivity contribution in [3.05, 3.63) is 0 Å². The lowest BCUT2D eigenvalue weighted by molar-refractivity contribution is -0.426. The highest BCUT2D eigenvalue weighted by atomic mass is 17.0. The Bertz CT molecular complexity index is 148. The van der Waals surface area contributed by atoms with Gasteiger partial charge in [0.25, 0.3) is 0 Å². The van der Waals surface area contributed by atoms with Gasteiger partial charge < -0.3 is 25.5 Å². The maximum Gasteiger partial charge on any atom is 0.142 e. The predicted octanol–water partition coefficient (Wildman–Crippen LogP) is -3.15. The van der Waals surface area contributed by atoms with Crippen molar-refractivity contribution in [1.29, 1.82) is 0 Å². The van der Waals surface area contributed by atoms with Crippen molar-refractivity contribution < 1.29 is 35.2 Å². The second-order valence-electron chi connectivity index (χ2n) is 3.07. The van der Waals surface area contributed by atoms with E-state index in [4.69, 9.17) is 35.2 Å². The average molecular weight is 241 g/mol. The van der Waals surface area contributed by atoms with Crippen LogP contribution in [0, 0.1) is 0 Å². The summed E-state index contributed by atoms with van der Waals surface area (Å²) >= 11 is 0. The summed E-state index contributed by atoms with van der Waals surface area (Å²) in [5, 5.41) is 45.2. The molecule has 0 saturated carbocycles. The highest BCUT2D eigenvalue weighted by Gasteiger charge is 2.38. The average Bonchev–Trinajstić information content (AvgIpc) is 2.34. The third kappa shape index (κ3) is 4.28. The largest absolute Gasteiger partial charge is 0.394 e. The van der Waals surface area contributed by atoms with Crippen LogP contribution in [0.25, 0.3) is 0 Å². The molecule has 0 bridgehead atoms. The van der Waals surface area contributed by atoms with E-state index >= 15 is 0 Å². The Balaban J connectivity index is 4.52. The van der Waals surface area contributed by atoms with E-state index in [-0.39, 0.29) is 26.4 Å². The Morgan fingerprint density at radius 1 is 0.750 bits per heavy atom. The molecule has 0 aliphatic heterocycles. The van der Waals surface area contributed by atoms with Crippen LogP contribution in [0.1, 0.15) is 0 Å². The number of hydrogen-bond donors (Lipinski definition) is 5. The number of hydroxylamine groups is 2. The van der Waals surface area contributed by atoms with Crippen molar-refractivity contribution >= 4 is 0 Å². The molecule has 0 rings (SSSR count). The zero-order chi connectivity index (χ0) is 12.4. The highest BCUT2D eigenvalue weighted by Crippen LogP contribution is 2.15. The summed E-state index contributed by atoms with van der Waals surface area (Å²) in [5.41, 5.74) is -1.52. The molecule has 0 aliphatic carbocycles. The normalized spacial score (nSPS) is 12.4. The van der Waals surface area contributed by atoms with Gasteiger partial charge in [-0.25, -0.2) is 0 Å². The fourth-order valence-electron chi connectivity index (χ4n) is 0.882. The van der Waals surface area contributed by atoms with Crippen LogP contribution in [0.2, 0.25) is 0 Å². The summed E-state index contributed by atoms with van der Waals surface area (Å²) in [7, 11) is 0. The minimum Gasteiger partial charge on any atom is -0.394 e. The first-order valence-electron chi connectivity index (χ1n) is 4.81. The van der Waals surface area contributed by atoms with Gasteiger partial charge in [-0.1, -0.05) is 5.23 Å². The molecule has 0 atom stereocenters. The zero-order valence-corrected chi connectivity index (χ0v) is 8.95. The molecule has 0 amide bonds. The van der Waals surface area contributed by atoms with Crippen LogP contribution in [0.15, 0.2) is 0 Å². The second kappa shape index (κ2) is 8.79. The van der Waals surface area contributed by atoms with Gasteiger partial charge in [-0.3, -0.25) is 9.68 Å². The Hall–Kier alpha value is -0.320. The highest BCUT2D eigenvalue weighted by molar-refractivity contribution is 4.82. The van der Waals surface area contributed by atoms with Crippen molar-refractivity contribution in [3.8, 4) is 0 Å². The van der Waals surface area contributed by atoms with Crippen LogP contribution in [0.4, 0.5) is 0 Å². The smallest absolute Gasteiger partial charge is 0.142 e. The fraction of sp³-hybridized carbons (Fsp3) is 1.00. The maximum atomic E-state index is 9.10. The van der Waals surface area contributed by atoms with Gasteiger partial charge >= 0.3 is 0 Å². The van der Waals surface area contributed by atoms with Crippen LogP contribution >= 0.6 is 0 Å². The Labute approximate surface area is 93.2 Å². The number of nitrogens with zero attached hydrogens (tertiary/aromatic N) is 1. The van der Waals surface area contributed by atoms with Crippen LogP contribution in [0.5, 0.6) is 0 Å². The predicted molar refractivity (Wildman–Crippen MR) is 51.9 cm³/mol. The van der Waals surface area contributed by atoms with E-state index in [0.29, 0.717) is 5.23 Å². The first kappa shape index (κ1) is 15.7. The summed E-state index contributed by atoms with van der Waals surface area (Å²) in [6.07, 6.45) is 0. The first-order chi connectivity index (χ1) is 7.70. The van der Waals surface area contributed by atoms with Crippen molar-refractivity contribution in [2.45, 2.75) is 5.54 Å². The van der Waals surface area contributed by atoms with Gasteiger partial charge in [0.05, 0.1) is 46.2 Å². The molecule has 0 fully saturated rings. The summed E-state index contributed by atoms with van der Waals surface area (Å²) in [6, 6.07) is 0. The molecular weight excluding hydrogens is 222 g/mol. The summed E-state index contributed by atoms with van der Waals surface area (Å²) in [4.78, 5) is 9.80. The van der Waals surface area contributed by atoms with E-state index in [9.17, 15) is 0 Å². The topological polar surface area (TPSA) is 123 Å². The lowest BCUT2D eigenvalue weighted by Crippen LogP contribution is -2.57. The van der Waals surface area contributed by atoms with E-state index < -0.39 is 25.4 Å². The summed E-state index contributed by atoms with van der Waals surface area (Å²) in [5.74, 6) is 0. The summed E-state index contributed by atoms with van der Waals surface area (Å²) < 4.78 is 0. The number of hydrogen-bond acceptors (Lipinski definition) is 8. The lowest BCUT2D eigenvalue weighted by Gasteiger charge is -2.36. The molecule has 0 spiro atoms. The van der Waals surface area contributed by atoms with E-state index in [2.05, 4.69) is 0 Å². The second-order valence-corrected chi connectivity index (χ2v) is 3.07. The SMILES string of the molecule is OCCON(OCCO)C(CO)(CO)CO. The molecule has 0 aromatic heterocycles. The van der Waals surface area contributed by atoms with Crippen LogP contribution < -0.4 is 0 Å². The standard InChI is InChI=1S/C8H19NO7/c10-1-3-15-9(16-4-2-11)8(5-12,6-13)7-14/h10-14H,1-7H2. The maximum absolute atomic E-state index is 9.10. The van der Waals surface area contributed by atoms with E-state index in [1.807, 2.05) is 0 Å². The van der Waals surface area contributed by atoms with E-state index in [1.165, 1.54) is 0 Å². The van der Waals surface area contributed by atoms with Crippen molar-refractivity contribution in [2.75, 3.05) is 46.2 Å². The van der Waals surface area contributed by atoms with E-state index in [0.717, 1.165) is 0 Å². The Morgan fingerprint density at radius 3 is 1.38 bits per heavy atom. The van der Waals surface area contributed by atoms with Crippen molar-refractivity contribution in [2.24, 2.45) is 0 Å². The summed E-state index contributed by atoms with van der Waals surface area (Å²) in [6.45, 7) is -2.69. The molecule has 0 radical (unpaired) electrons. The minimum atomic E-state index is -1.52. The minimum absolute atomic E-state index is 0.132. The quantitative estimate of drug-likeness (QED) is 0.254. The van der Waals surface area contributed by atoms with Gasteiger partial charge in [0.1, 0.15) is 5.54 Å². The van der Waals surface area contributed by atoms with Gasteiger partial charge in [-0.15, -0.1) is 0 Å². The molecule has 8 nitrogen and oxygen atoms in total. The fourth-order valence-corrected chi connectivity index (χ4v) is 0.882.